The average Bonchev–Trinajstić information content (AvgIpc) is 2.54. The molecule has 4 nitrogen and oxygen atoms in total. The topological polar surface area (TPSA) is 45.2 Å². The van der Waals surface area contributed by atoms with Gasteiger partial charge in [-0.15, -0.1) is 0 Å². The molecular weight excluding hydrogens is 250 g/mol. The van der Waals surface area contributed by atoms with E-state index in [1.165, 1.54) is 0 Å². The molecule has 0 saturated carbocycles. The van der Waals surface area contributed by atoms with Crippen LogP contribution in [-0.2, 0) is 0 Å². The van der Waals surface area contributed by atoms with Crippen LogP contribution in [0.25, 0.3) is 10.9 Å². The van der Waals surface area contributed by atoms with Crippen molar-refractivity contribution in [2.45, 2.75) is 18.9 Å². The summed E-state index contributed by atoms with van der Waals surface area (Å²) in [7, 11) is 1.98. The standard InChI is InChI=1S/C16H19N3O/c1-17-12-7-10-19(11-8-12)16(20)14-4-2-6-15-13(14)5-3-9-18-15/h2-6,9,12,17H,7-8,10-11H2,1H3. The van der Waals surface area contributed by atoms with Crippen LogP contribution in [0, 0.1) is 0 Å². The van der Waals surface area contributed by atoms with Crippen LogP contribution < -0.4 is 5.32 Å². The molecule has 2 aromatic rings. The summed E-state index contributed by atoms with van der Waals surface area (Å²) in [5.41, 5.74) is 1.64. The normalized spacial score (nSPS) is 16.6. The molecule has 20 heavy (non-hydrogen) atoms. The van der Waals surface area contributed by atoms with Crippen LogP contribution >= 0.6 is 0 Å². The maximum atomic E-state index is 12.7. The number of benzene rings is 1. The average molecular weight is 269 g/mol. The van der Waals surface area contributed by atoms with E-state index in [9.17, 15) is 4.79 Å². The number of amides is 1. The summed E-state index contributed by atoms with van der Waals surface area (Å²) in [6.45, 7) is 1.64. The molecule has 1 aliphatic heterocycles. The Morgan fingerprint density at radius 1 is 1.25 bits per heavy atom. The minimum atomic E-state index is 0.123. The zero-order valence-corrected chi connectivity index (χ0v) is 11.7. The smallest absolute Gasteiger partial charge is 0.254 e. The number of likely N-dealkylation sites (tertiary alicyclic amines) is 1. The third kappa shape index (κ3) is 2.39. The summed E-state index contributed by atoms with van der Waals surface area (Å²) >= 11 is 0. The van der Waals surface area contributed by atoms with Crippen molar-refractivity contribution in [1.82, 2.24) is 15.2 Å². The SMILES string of the molecule is CNC1CCN(C(=O)c2cccc3ncccc23)CC1. The van der Waals surface area contributed by atoms with Crippen LogP contribution in [-0.4, -0.2) is 42.0 Å². The van der Waals surface area contributed by atoms with Gasteiger partial charge in [0.25, 0.3) is 5.91 Å². The molecule has 104 valence electrons. The van der Waals surface area contributed by atoms with Gasteiger partial charge in [-0.2, -0.15) is 0 Å². The highest BCUT2D eigenvalue weighted by Crippen LogP contribution is 2.20. The number of nitrogens with zero attached hydrogens (tertiary/aromatic N) is 2. The first-order valence-corrected chi connectivity index (χ1v) is 7.10. The second kappa shape index (κ2) is 5.59. The molecule has 0 bridgehead atoms. The Morgan fingerprint density at radius 2 is 2.05 bits per heavy atom. The van der Waals surface area contributed by atoms with Crippen molar-refractivity contribution < 1.29 is 4.79 Å². The highest BCUT2D eigenvalue weighted by Gasteiger charge is 2.23. The molecule has 1 amide bonds. The Morgan fingerprint density at radius 3 is 2.80 bits per heavy atom. The van der Waals surface area contributed by atoms with Crippen molar-refractivity contribution in [3.05, 3.63) is 42.1 Å². The van der Waals surface area contributed by atoms with Gasteiger partial charge >= 0.3 is 0 Å². The van der Waals surface area contributed by atoms with E-state index in [0.717, 1.165) is 42.4 Å². The molecule has 1 aromatic heterocycles. The van der Waals surface area contributed by atoms with Gasteiger partial charge in [0.05, 0.1) is 5.52 Å². The minimum Gasteiger partial charge on any atom is -0.339 e. The molecule has 1 aromatic carbocycles. The number of nitrogens with one attached hydrogen (secondary N) is 1. The number of carbonyl (C=O) groups is 1. The fourth-order valence-electron chi connectivity index (χ4n) is 2.83. The van der Waals surface area contributed by atoms with Crippen LogP contribution in [0.15, 0.2) is 36.5 Å². The van der Waals surface area contributed by atoms with Crippen molar-refractivity contribution in [2.24, 2.45) is 0 Å². The lowest BCUT2D eigenvalue weighted by molar-refractivity contribution is 0.0709. The molecular formula is C16H19N3O. The van der Waals surface area contributed by atoms with Gasteiger partial charge in [-0.25, -0.2) is 0 Å². The maximum absolute atomic E-state index is 12.7. The second-order valence-electron chi connectivity index (χ2n) is 5.23. The Kier molecular flexibility index (Phi) is 3.65. The first-order chi connectivity index (χ1) is 9.79. The molecule has 1 fully saturated rings. The fraction of sp³-hybridized carbons (Fsp3) is 0.375. The lowest BCUT2D eigenvalue weighted by atomic mass is 10.0. The summed E-state index contributed by atoms with van der Waals surface area (Å²) < 4.78 is 0. The van der Waals surface area contributed by atoms with Crippen molar-refractivity contribution in [2.75, 3.05) is 20.1 Å². The van der Waals surface area contributed by atoms with Crippen LogP contribution in [0.3, 0.4) is 0 Å². The van der Waals surface area contributed by atoms with Gasteiger partial charge in [-0.1, -0.05) is 12.1 Å². The van der Waals surface area contributed by atoms with Gasteiger partial charge < -0.3 is 10.2 Å². The van der Waals surface area contributed by atoms with Crippen LogP contribution in [0.1, 0.15) is 23.2 Å². The van der Waals surface area contributed by atoms with Crippen LogP contribution in [0.4, 0.5) is 0 Å². The molecule has 1 aliphatic rings. The number of fused-ring (bicyclic) bond motifs is 1. The second-order valence-corrected chi connectivity index (χ2v) is 5.23. The molecule has 3 rings (SSSR count). The number of pyridine rings is 1. The summed E-state index contributed by atoms with van der Waals surface area (Å²) in [5.74, 6) is 0.123. The number of rotatable bonds is 2. The van der Waals surface area contributed by atoms with E-state index in [4.69, 9.17) is 0 Å². The van der Waals surface area contributed by atoms with E-state index >= 15 is 0 Å². The summed E-state index contributed by atoms with van der Waals surface area (Å²) in [6, 6.07) is 10.1. The zero-order chi connectivity index (χ0) is 13.9. The predicted octanol–water partition coefficient (Wildman–Crippen LogP) is 2.06. The highest BCUT2D eigenvalue weighted by atomic mass is 16.2. The molecule has 0 spiro atoms. The van der Waals surface area contributed by atoms with Gasteiger partial charge in [0.1, 0.15) is 0 Å². The molecule has 1 N–H and O–H groups in total. The molecule has 1 saturated heterocycles. The van der Waals surface area contributed by atoms with Gasteiger partial charge in [0, 0.05) is 36.3 Å². The lowest BCUT2D eigenvalue weighted by Gasteiger charge is -2.32. The van der Waals surface area contributed by atoms with Crippen molar-refractivity contribution in [3.8, 4) is 0 Å². The Balaban J connectivity index is 1.86. The minimum absolute atomic E-state index is 0.123. The molecule has 0 unspecified atom stereocenters. The van der Waals surface area contributed by atoms with E-state index in [2.05, 4.69) is 10.3 Å². The first-order valence-electron chi connectivity index (χ1n) is 7.10. The van der Waals surface area contributed by atoms with Crippen molar-refractivity contribution in [3.63, 3.8) is 0 Å². The Bertz CT molecular complexity index is 613. The van der Waals surface area contributed by atoms with E-state index in [1.807, 2.05) is 42.3 Å². The molecule has 4 heteroatoms. The van der Waals surface area contributed by atoms with E-state index in [-0.39, 0.29) is 5.91 Å². The molecule has 0 atom stereocenters. The van der Waals surface area contributed by atoms with Crippen LogP contribution in [0.2, 0.25) is 0 Å². The number of piperidine rings is 1. The Hall–Kier alpha value is -1.94. The summed E-state index contributed by atoms with van der Waals surface area (Å²) in [5, 5.41) is 4.23. The van der Waals surface area contributed by atoms with Crippen LogP contribution in [0.5, 0.6) is 0 Å². The summed E-state index contributed by atoms with van der Waals surface area (Å²) in [6.07, 6.45) is 3.80. The van der Waals surface area contributed by atoms with E-state index in [1.54, 1.807) is 6.20 Å². The first kappa shape index (κ1) is 13.1. The predicted molar refractivity (Wildman–Crippen MR) is 79.7 cm³/mol. The third-order valence-corrected chi connectivity index (χ3v) is 4.07. The van der Waals surface area contributed by atoms with Gasteiger partial charge in [0.15, 0.2) is 0 Å². The zero-order valence-electron chi connectivity index (χ0n) is 11.7. The molecule has 0 aliphatic carbocycles. The highest BCUT2D eigenvalue weighted by molar-refractivity contribution is 6.06. The molecule has 2 heterocycles. The fourth-order valence-corrected chi connectivity index (χ4v) is 2.83. The number of hydrogen-bond acceptors (Lipinski definition) is 3. The number of carbonyl (C=O) groups excluding carboxylic acids is 1. The van der Waals surface area contributed by atoms with Gasteiger partial charge in [-0.3, -0.25) is 9.78 Å². The maximum Gasteiger partial charge on any atom is 0.254 e. The lowest BCUT2D eigenvalue weighted by Crippen LogP contribution is -2.44. The largest absolute Gasteiger partial charge is 0.339 e. The monoisotopic (exact) mass is 269 g/mol. The number of hydrogen-bond donors (Lipinski definition) is 1. The van der Waals surface area contributed by atoms with E-state index < -0.39 is 0 Å². The Labute approximate surface area is 118 Å². The van der Waals surface area contributed by atoms with E-state index in [0.29, 0.717) is 6.04 Å². The van der Waals surface area contributed by atoms with Crippen molar-refractivity contribution >= 4 is 16.8 Å². The van der Waals surface area contributed by atoms with Gasteiger partial charge in [0.2, 0.25) is 0 Å². The quantitative estimate of drug-likeness (QED) is 0.907. The number of aromatic nitrogens is 1. The third-order valence-electron chi connectivity index (χ3n) is 4.07. The summed E-state index contributed by atoms with van der Waals surface area (Å²) in [4.78, 5) is 19.0. The molecule has 0 radical (unpaired) electrons. The van der Waals surface area contributed by atoms with Crippen molar-refractivity contribution in [1.29, 1.82) is 0 Å². The van der Waals surface area contributed by atoms with Gasteiger partial charge in [-0.05, 0) is 38.1 Å².